The van der Waals surface area contributed by atoms with Gasteiger partial charge in [-0.2, -0.15) is 0 Å². The van der Waals surface area contributed by atoms with Crippen molar-refractivity contribution in [2.24, 2.45) is 5.92 Å². The first-order chi connectivity index (χ1) is 7.74. The number of rotatable bonds is 3. The topological polar surface area (TPSA) is 38.7 Å². The fourth-order valence-electron chi connectivity index (χ4n) is 2.05. The molecule has 1 heterocycles. The van der Waals surface area contributed by atoms with Crippen LogP contribution in [0.15, 0.2) is 24.3 Å². The van der Waals surface area contributed by atoms with Gasteiger partial charge >= 0.3 is 0 Å². The summed E-state index contributed by atoms with van der Waals surface area (Å²) < 4.78 is 10.8. The molecule has 1 saturated heterocycles. The first-order valence-electron chi connectivity index (χ1n) is 5.83. The molecule has 3 heteroatoms. The molecule has 0 radical (unpaired) electrons. The first kappa shape index (κ1) is 10.3. The Bertz CT molecular complexity index is 363. The molecule has 0 amide bonds. The highest BCUT2D eigenvalue weighted by molar-refractivity contribution is 5.26. The van der Waals surface area contributed by atoms with Crippen LogP contribution >= 0.6 is 0 Å². The quantitative estimate of drug-likeness (QED) is 0.850. The third kappa shape index (κ3) is 1.86. The Morgan fingerprint density at radius 3 is 2.31 bits per heavy atom. The molecule has 1 aromatic rings. The lowest BCUT2D eigenvalue weighted by atomic mass is 10.0. The lowest BCUT2D eigenvalue weighted by molar-refractivity contribution is -0.382. The van der Waals surface area contributed by atoms with Gasteiger partial charge in [-0.3, -0.25) is 0 Å². The van der Waals surface area contributed by atoms with Gasteiger partial charge < -0.3 is 14.6 Å². The minimum Gasteiger partial charge on any atom is -0.388 e. The zero-order valence-corrected chi connectivity index (χ0v) is 9.30. The summed E-state index contributed by atoms with van der Waals surface area (Å²) in [5.41, 5.74) is 2.02. The van der Waals surface area contributed by atoms with E-state index in [-0.39, 0.29) is 18.7 Å². The first-order valence-corrected chi connectivity index (χ1v) is 5.83. The summed E-state index contributed by atoms with van der Waals surface area (Å²) in [6.45, 7) is 1.88. The molecule has 1 saturated carbocycles. The fraction of sp³-hybridized carbons (Fsp3) is 0.538. The second kappa shape index (κ2) is 3.84. The molecule has 1 atom stereocenters. The number of hydrogen-bond donors (Lipinski definition) is 1. The summed E-state index contributed by atoms with van der Waals surface area (Å²) in [5.74, 6) is 0.474. The molecular weight excluding hydrogens is 204 g/mol. The van der Waals surface area contributed by atoms with Crippen LogP contribution in [-0.2, 0) is 9.47 Å². The maximum atomic E-state index is 9.94. The Kier molecular flexibility index (Phi) is 2.46. The largest absolute Gasteiger partial charge is 0.388 e. The average molecular weight is 220 g/mol. The maximum absolute atomic E-state index is 9.94. The number of aliphatic hydroxyl groups excluding tert-OH is 1. The highest BCUT2D eigenvalue weighted by Gasteiger charge is 2.31. The molecule has 1 unspecified atom stereocenters. The summed E-state index contributed by atoms with van der Waals surface area (Å²) in [7, 11) is 0. The van der Waals surface area contributed by atoms with E-state index < -0.39 is 0 Å². The van der Waals surface area contributed by atoms with Crippen LogP contribution in [0.1, 0.15) is 43.3 Å². The molecule has 2 aliphatic rings. The van der Waals surface area contributed by atoms with Gasteiger partial charge in [0.2, 0.25) is 0 Å². The zero-order valence-electron chi connectivity index (χ0n) is 9.30. The van der Waals surface area contributed by atoms with Crippen molar-refractivity contribution in [1.29, 1.82) is 0 Å². The lowest BCUT2D eigenvalue weighted by Gasteiger charge is -2.34. The molecule has 0 bridgehead atoms. The van der Waals surface area contributed by atoms with Gasteiger partial charge in [0.25, 0.3) is 0 Å². The minimum atomic E-state index is -0.295. The van der Waals surface area contributed by atoms with Crippen LogP contribution in [0.2, 0.25) is 0 Å². The third-order valence-electron chi connectivity index (χ3n) is 3.25. The van der Waals surface area contributed by atoms with Crippen LogP contribution < -0.4 is 0 Å². The standard InChI is InChI=1S/C13H16O3/c1-8-15-13(16-8)11-6-4-10(5-7-11)12(14)9-2-3-9/h4-9,12-14H,2-3H2,1H3. The van der Waals surface area contributed by atoms with E-state index >= 15 is 0 Å². The Morgan fingerprint density at radius 2 is 1.81 bits per heavy atom. The fourth-order valence-corrected chi connectivity index (χ4v) is 2.05. The number of benzene rings is 1. The van der Waals surface area contributed by atoms with E-state index in [2.05, 4.69) is 0 Å². The molecule has 1 N–H and O–H groups in total. The maximum Gasteiger partial charge on any atom is 0.189 e. The highest BCUT2D eigenvalue weighted by atomic mass is 16.9. The van der Waals surface area contributed by atoms with Crippen molar-refractivity contribution < 1.29 is 14.6 Å². The molecule has 1 aliphatic carbocycles. The molecule has 86 valence electrons. The summed E-state index contributed by atoms with van der Waals surface area (Å²) in [5, 5.41) is 9.94. The van der Waals surface area contributed by atoms with Crippen LogP contribution in [-0.4, -0.2) is 11.4 Å². The van der Waals surface area contributed by atoms with E-state index in [0.717, 1.165) is 24.0 Å². The van der Waals surface area contributed by atoms with Gasteiger partial charge in [0, 0.05) is 5.56 Å². The number of aliphatic hydroxyl groups is 1. The van der Waals surface area contributed by atoms with E-state index in [1.165, 1.54) is 0 Å². The van der Waals surface area contributed by atoms with Crippen molar-refractivity contribution in [3.05, 3.63) is 35.4 Å². The predicted molar refractivity (Wildman–Crippen MR) is 58.5 cm³/mol. The zero-order chi connectivity index (χ0) is 11.1. The predicted octanol–water partition coefficient (Wildman–Crippen LogP) is 2.52. The average Bonchev–Trinajstić information content (AvgIpc) is 3.08. The van der Waals surface area contributed by atoms with E-state index in [1.54, 1.807) is 0 Å². The number of hydrogen-bond acceptors (Lipinski definition) is 3. The molecule has 2 fully saturated rings. The minimum absolute atomic E-state index is 0.0956. The molecule has 3 nitrogen and oxygen atoms in total. The Morgan fingerprint density at radius 1 is 1.19 bits per heavy atom. The van der Waals surface area contributed by atoms with E-state index in [9.17, 15) is 5.11 Å². The van der Waals surface area contributed by atoms with Gasteiger partial charge in [0.1, 0.15) is 0 Å². The van der Waals surface area contributed by atoms with Gasteiger partial charge in [-0.1, -0.05) is 24.3 Å². The normalized spacial score (nSPS) is 30.9. The van der Waals surface area contributed by atoms with Crippen molar-refractivity contribution in [3.8, 4) is 0 Å². The molecular formula is C13H16O3. The smallest absolute Gasteiger partial charge is 0.189 e. The Hall–Kier alpha value is -0.900. The van der Waals surface area contributed by atoms with Crippen molar-refractivity contribution >= 4 is 0 Å². The lowest BCUT2D eigenvalue weighted by Crippen LogP contribution is -2.31. The van der Waals surface area contributed by atoms with Gasteiger partial charge in [0.15, 0.2) is 12.6 Å². The Labute approximate surface area is 95.0 Å². The van der Waals surface area contributed by atoms with Crippen LogP contribution in [0.25, 0.3) is 0 Å². The second-order valence-corrected chi connectivity index (χ2v) is 4.62. The summed E-state index contributed by atoms with van der Waals surface area (Å²) in [4.78, 5) is 0. The van der Waals surface area contributed by atoms with Crippen molar-refractivity contribution in [2.75, 3.05) is 0 Å². The van der Waals surface area contributed by atoms with Gasteiger partial charge in [0.05, 0.1) is 6.10 Å². The monoisotopic (exact) mass is 220 g/mol. The Balaban J connectivity index is 1.69. The molecule has 0 spiro atoms. The van der Waals surface area contributed by atoms with E-state index in [4.69, 9.17) is 9.47 Å². The van der Waals surface area contributed by atoms with Crippen molar-refractivity contribution in [3.63, 3.8) is 0 Å². The molecule has 16 heavy (non-hydrogen) atoms. The SMILES string of the molecule is CC1OC(c2ccc(C(O)C3CC3)cc2)O1. The van der Waals surface area contributed by atoms with Crippen LogP contribution in [0.5, 0.6) is 0 Å². The van der Waals surface area contributed by atoms with Crippen LogP contribution in [0, 0.1) is 5.92 Å². The summed E-state index contributed by atoms with van der Waals surface area (Å²) in [6.07, 6.45) is 1.69. The van der Waals surface area contributed by atoms with Crippen LogP contribution in [0.3, 0.4) is 0 Å². The second-order valence-electron chi connectivity index (χ2n) is 4.62. The van der Waals surface area contributed by atoms with Crippen molar-refractivity contribution in [2.45, 2.75) is 38.4 Å². The molecule has 1 aliphatic heterocycles. The summed E-state index contributed by atoms with van der Waals surface area (Å²) >= 11 is 0. The molecule has 3 rings (SSSR count). The van der Waals surface area contributed by atoms with E-state index in [0.29, 0.717) is 5.92 Å². The third-order valence-corrected chi connectivity index (χ3v) is 3.25. The summed E-state index contributed by atoms with van der Waals surface area (Å²) in [6, 6.07) is 7.87. The highest BCUT2D eigenvalue weighted by Crippen LogP contribution is 2.41. The van der Waals surface area contributed by atoms with Gasteiger partial charge in [-0.15, -0.1) is 0 Å². The van der Waals surface area contributed by atoms with Crippen LogP contribution in [0.4, 0.5) is 0 Å². The van der Waals surface area contributed by atoms with Gasteiger partial charge in [-0.25, -0.2) is 0 Å². The van der Waals surface area contributed by atoms with Crippen molar-refractivity contribution in [1.82, 2.24) is 0 Å². The number of ether oxygens (including phenoxy) is 2. The molecule has 1 aromatic carbocycles. The molecule has 0 aromatic heterocycles. The van der Waals surface area contributed by atoms with E-state index in [1.807, 2.05) is 31.2 Å². The van der Waals surface area contributed by atoms with Gasteiger partial charge in [-0.05, 0) is 31.2 Å².